The summed E-state index contributed by atoms with van der Waals surface area (Å²) < 4.78 is 24.9. The first-order valence-electron chi connectivity index (χ1n) is 25.7. The van der Waals surface area contributed by atoms with E-state index in [0.29, 0.717) is 17.5 Å². The highest BCUT2D eigenvalue weighted by atomic mass is 32.1. The Morgan fingerprint density at radius 2 is 0.935 bits per heavy atom. The molecular weight excluding hydrogens is 965 g/mol. The number of fused-ring (bicyclic) bond motifs is 15. The van der Waals surface area contributed by atoms with Crippen molar-refractivity contribution in [2.45, 2.75) is 0 Å². The van der Waals surface area contributed by atoms with Crippen LogP contribution in [0.3, 0.4) is 0 Å². The van der Waals surface area contributed by atoms with Crippen LogP contribution in [0.1, 0.15) is 0 Å². The predicted octanol–water partition coefficient (Wildman–Crippen LogP) is 19.4. The number of hydrogen-bond acceptors (Lipinski definition) is 7. The number of para-hydroxylation sites is 5. The molecular formula is C69H38N4O3S. The normalized spacial score (nSPS) is 12.2. The maximum Gasteiger partial charge on any atom is 0.165 e. The highest BCUT2D eigenvalue weighted by molar-refractivity contribution is 7.26. The van der Waals surface area contributed by atoms with E-state index >= 15 is 0 Å². The fourth-order valence-electron chi connectivity index (χ4n) is 12.1. The highest BCUT2D eigenvalue weighted by Crippen LogP contribution is 2.47. The standard InChI is InChI=1S/C69H38N4O3S/c1-2-15-41(16-3-1)73-55-26-8-4-17-43(55)47-21-12-22-48(64(47)73)49-35-34-42(63-51-20-6-10-28-57(51)76-65(49)63)39-32-36-58-54(37-39)62-52(24-14-29-59(62)74-58)68-70-67(40-31-33-45-44-18-5-9-27-56(44)75-60(45)38-40)71-69(72-68)53-25-13-23-50-46-19-7-11-30-61(46)77-66(50)53/h1-38H. The first-order valence-corrected chi connectivity index (χ1v) is 26.6. The van der Waals surface area contributed by atoms with Gasteiger partial charge in [-0.15, -0.1) is 11.3 Å². The van der Waals surface area contributed by atoms with Gasteiger partial charge < -0.3 is 17.8 Å². The summed E-state index contributed by atoms with van der Waals surface area (Å²) in [5.74, 6) is 1.68. The summed E-state index contributed by atoms with van der Waals surface area (Å²) in [4.78, 5) is 16.1. The Morgan fingerprint density at radius 3 is 1.82 bits per heavy atom. The monoisotopic (exact) mass is 1000 g/mol. The maximum atomic E-state index is 7.01. The number of thiophene rings is 1. The van der Waals surface area contributed by atoms with Crippen molar-refractivity contribution in [2.75, 3.05) is 0 Å². The third kappa shape index (κ3) is 6.27. The maximum absolute atomic E-state index is 7.01. The Labute approximate surface area is 442 Å². The summed E-state index contributed by atoms with van der Waals surface area (Å²) in [6.07, 6.45) is 0. The molecule has 358 valence electrons. The Kier molecular flexibility index (Phi) is 8.87. The van der Waals surface area contributed by atoms with E-state index < -0.39 is 0 Å². The molecule has 17 rings (SSSR count). The van der Waals surface area contributed by atoms with Crippen LogP contribution in [0.15, 0.2) is 244 Å². The SMILES string of the molecule is c1ccc(-n2c3ccccc3c3cccc(-c4ccc(-c5ccc6oc7cccc(-c8nc(-c9ccc%10c(c9)oc9ccccc9%10)nc(-c9cccc%10c9sc9ccccc9%10)n8)c7c6c5)c5c4oc4ccccc45)c32)cc1. The minimum atomic E-state index is 0.543. The third-order valence-electron chi connectivity index (χ3n) is 15.5. The fraction of sp³-hybridized carbons (Fsp3) is 0. The first kappa shape index (κ1) is 42.2. The Morgan fingerprint density at radius 1 is 0.325 bits per heavy atom. The predicted molar refractivity (Wildman–Crippen MR) is 316 cm³/mol. The zero-order valence-electron chi connectivity index (χ0n) is 40.9. The highest BCUT2D eigenvalue weighted by Gasteiger charge is 2.25. The molecule has 11 aromatic carbocycles. The number of benzene rings is 11. The van der Waals surface area contributed by atoms with E-state index in [9.17, 15) is 0 Å². The lowest BCUT2D eigenvalue weighted by Crippen LogP contribution is -2.00. The van der Waals surface area contributed by atoms with Crippen LogP contribution >= 0.6 is 11.3 Å². The second-order valence-corrected chi connectivity index (χ2v) is 20.8. The van der Waals surface area contributed by atoms with Gasteiger partial charge in [-0.05, 0) is 90.0 Å². The van der Waals surface area contributed by atoms with Gasteiger partial charge in [0.2, 0.25) is 0 Å². The van der Waals surface area contributed by atoms with Gasteiger partial charge in [-0.25, -0.2) is 15.0 Å². The zero-order chi connectivity index (χ0) is 50.3. The minimum Gasteiger partial charge on any atom is -0.456 e. The Hall–Kier alpha value is -10.2. The van der Waals surface area contributed by atoms with Gasteiger partial charge in [-0.3, -0.25) is 0 Å². The third-order valence-corrected chi connectivity index (χ3v) is 16.7. The zero-order valence-corrected chi connectivity index (χ0v) is 41.7. The largest absolute Gasteiger partial charge is 0.456 e. The van der Waals surface area contributed by atoms with Gasteiger partial charge in [0.15, 0.2) is 17.5 Å². The van der Waals surface area contributed by atoms with Gasteiger partial charge in [0.25, 0.3) is 0 Å². The van der Waals surface area contributed by atoms with Crippen molar-refractivity contribution in [3.05, 3.63) is 231 Å². The van der Waals surface area contributed by atoms with Gasteiger partial charge in [0.05, 0.1) is 11.0 Å². The van der Waals surface area contributed by atoms with Crippen LogP contribution in [-0.4, -0.2) is 19.5 Å². The van der Waals surface area contributed by atoms with Gasteiger partial charge in [-0.2, -0.15) is 0 Å². The van der Waals surface area contributed by atoms with Gasteiger partial charge >= 0.3 is 0 Å². The van der Waals surface area contributed by atoms with Crippen LogP contribution in [0.25, 0.3) is 170 Å². The second kappa shape index (κ2) is 16.2. The molecule has 6 aromatic heterocycles. The van der Waals surface area contributed by atoms with Crippen molar-refractivity contribution in [1.29, 1.82) is 0 Å². The molecule has 0 aliphatic rings. The van der Waals surface area contributed by atoms with Crippen LogP contribution in [0, 0.1) is 0 Å². The molecule has 0 atom stereocenters. The molecule has 77 heavy (non-hydrogen) atoms. The minimum absolute atomic E-state index is 0.543. The Balaban J connectivity index is 0.877. The molecule has 0 saturated carbocycles. The Bertz CT molecular complexity index is 5310. The quantitative estimate of drug-likeness (QED) is 0.165. The molecule has 0 radical (unpaired) electrons. The fourth-order valence-corrected chi connectivity index (χ4v) is 13.3. The summed E-state index contributed by atoms with van der Waals surface area (Å²) >= 11 is 1.76. The van der Waals surface area contributed by atoms with Crippen LogP contribution in [0.2, 0.25) is 0 Å². The lowest BCUT2D eigenvalue weighted by molar-refractivity contribution is 0.668. The van der Waals surface area contributed by atoms with Crippen LogP contribution in [0.4, 0.5) is 0 Å². The van der Waals surface area contributed by atoms with Crippen LogP contribution in [0.5, 0.6) is 0 Å². The number of hydrogen-bond donors (Lipinski definition) is 0. The average Bonchev–Trinajstić information content (AvgIpc) is 4.33. The van der Waals surface area contributed by atoms with Gasteiger partial charge in [-0.1, -0.05) is 152 Å². The molecule has 0 N–H and O–H groups in total. The molecule has 0 spiro atoms. The van der Waals surface area contributed by atoms with Crippen molar-refractivity contribution >= 4 is 119 Å². The number of aromatic nitrogens is 4. The van der Waals surface area contributed by atoms with Gasteiger partial charge in [0, 0.05) is 96.8 Å². The topological polar surface area (TPSA) is 83.0 Å². The van der Waals surface area contributed by atoms with Crippen molar-refractivity contribution in [1.82, 2.24) is 19.5 Å². The van der Waals surface area contributed by atoms with Crippen molar-refractivity contribution < 1.29 is 13.3 Å². The molecule has 0 unspecified atom stereocenters. The van der Waals surface area contributed by atoms with Crippen molar-refractivity contribution in [3.63, 3.8) is 0 Å². The van der Waals surface area contributed by atoms with E-state index in [2.05, 4.69) is 193 Å². The lowest BCUT2D eigenvalue weighted by atomic mass is 9.93. The van der Waals surface area contributed by atoms with Crippen molar-refractivity contribution in [3.8, 4) is 62.1 Å². The van der Waals surface area contributed by atoms with Gasteiger partial charge in [0.1, 0.15) is 33.5 Å². The number of nitrogens with zero attached hydrogens (tertiary/aromatic N) is 4. The number of furan rings is 3. The van der Waals surface area contributed by atoms with Crippen molar-refractivity contribution in [2.24, 2.45) is 0 Å². The molecule has 0 bridgehead atoms. The summed E-state index contributed by atoms with van der Waals surface area (Å²) in [5.41, 5.74) is 15.0. The molecule has 0 aliphatic carbocycles. The molecule has 0 aliphatic heterocycles. The lowest BCUT2D eigenvalue weighted by Gasteiger charge is -2.13. The average molecular weight is 1000 g/mol. The molecule has 8 heteroatoms. The molecule has 0 fully saturated rings. The van der Waals surface area contributed by atoms with E-state index in [1.165, 1.54) is 26.2 Å². The molecule has 7 nitrogen and oxygen atoms in total. The first-order chi connectivity index (χ1) is 38.2. The molecule has 0 amide bonds. The number of rotatable bonds is 6. The summed E-state index contributed by atoms with van der Waals surface area (Å²) in [6.45, 7) is 0. The van der Waals surface area contributed by atoms with E-state index in [1.807, 2.05) is 42.5 Å². The second-order valence-electron chi connectivity index (χ2n) is 19.7. The van der Waals surface area contributed by atoms with Crippen LogP contribution in [-0.2, 0) is 0 Å². The summed E-state index contributed by atoms with van der Waals surface area (Å²) in [5, 5.41) is 10.9. The van der Waals surface area contributed by atoms with Crippen LogP contribution < -0.4 is 0 Å². The van der Waals surface area contributed by atoms with E-state index in [1.54, 1.807) is 11.3 Å². The smallest absolute Gasteiger partial charge is 0.165 e. The van der Waals surface area contributed by atoms with E-state index in [0.717, 1.165) is 126 Å². The summed E-state index contributed by atoms with van der Waals surface area (Å²) in [6, 6.07) is 80.8. The van der Waals surface area contributed by atoms with E-state index in [-0.39, 0.29) is 0 Å². The molecule has 6 heterocycles. The summed E-state index contributed by atoms with van der Waals surface area (Å²) in [7, 11) is 0. The van der Waals surface area contributed by atoms with E-state index in [4.69, 9.17) is 28.2 Å². The molecule has 17 aromatic rings. The molecule has 0 saturated heterocycles.